The highest BCUT2D eigenvalue weighted by atomic mass is 15.1. The smallest absolute Gasteiger partial charge is 0.0206 e. The zero-order valence-corrected chi connectivity index (χ0v) is 9.65. The van der Waals surface area contributed by atoms with Crippen molar-refractivity contribution in [3.63, 3.8) is 0 Å². The summed E-state index contributed by atoms with van der Waals surface area (Å²) in [6.07, 6.45) is 1.36. The van der Waals surface area contributed by atoms with E-state index in [2.05, 4.69) is 24.3 Å². The molecular weight excluding hydrogens is 148 g/mol. The predicted octanol–water partition coefficient (Wildman–Crippen LogP) is 1.96. The Labute approximate surface area is 78.3 Å². The van der Waals surface area contributed by atoms with Crippen LogP contribution in [0.3, 0.4) is 0 Å². The van der Waals surface area contributed by atoms with Crippen LogP contribution in [0.4, 0.5) is 0 Å². The van der Waals surface area contributed by atoms with E-state index in [4.69, 9.17) is 0 Å². The van der Waals surface area contributed by atoms with Gasteiger partial charge >= 0.3 is 0 Å². The summed E-state index contributed by atoms with van der Waals surface area (Å²) in [5.41, 5.74) is 0. The standard InChI is InChI=1S/C6H14N2.2C2H6/c1-8(2)5-6-3-4-7-6;2*1-2/h6-7H,3-5H2,1-2H3;2*1-2H3/t6-;;/m1../s1. The molecular formula is C10H26N2. The maximum Gasteiger partial charge on any atom is 0.0206 e. The third-order valence-corrected chi connectivity index (χ3v) is 1.51. The van der Waals surface area contributed by atoms with Gasteiger partial charge in [-0.25, -0.2) is 0 Å². The molecule has 0 unspecified atom stereocenters. The van der Waals surface area contributed by atoms with Crippen LogP contribution >= 0.6 is 0 Å². The Bertz CT molecular complexity index is 68.2. The molecule has 0 bridgehead atoms. The molecule has 76 valence electrons. The van der Waals surface area contributed by atoms with Crippen molar-refractivity contribution in [3.8, 4) is 0 Å². The molecule has 2 nitrogen and oxygen atoms in total. The van der Waals surface area contributed by atoms with Gasteiger partial charge in [0.2, 0.25) is 0 Å². The summed E-state index contributed by atoms with van der Waals surface area (Å²) in [6.45, 7) is 10.4. The van der Waals surface area contributed by atoms with Crippen molar-refractivity contribution >= 4 is 0 Å². The van der Waals surface area contributed by atoms with E-state index in [0.717, 1.165) is 6.04 Å². The van der Waals surface area contributed by atoms with Crippen molar-refractivity contribution in [1.82, 2.24) is 10.2 Å². The first-order chi connectivity index (χ1) is 5.79. The Balaban J connectivity index is 0. The molecule has 0 radical (unpaired) electrons. The third kappa shape index (κ3) is 8.02. The molecule has 0 aliphatic carbocycles. The van der Waals surface area contributed by atoms with Crippen LogP contribution in [0, 0.1) is 0 Å². The zero-order valence-electron chi connectivity index (χ0n) is 9.65. The van der Waals surface area contributed by atoms with Crippen LogP contribution in [-0.2, 0) is 0 Å². The Morgan fingerprint density at radius 3 is 1.67 bits per heavy atom. The average Bonchev–Trinajstić information content (AvgIpc) is 2.05. The molecule has 1 atom stereocenters. The lowest BCUT2D eigenvalue weighted by atomic mass is 10.1. The van der Waals surface area contributed by atoms with Gasteiger partial charge < -0.3 is 10.2 Å². The molecule has 0 aromatic carbocycles. The van der Waals surface area contributed by atoms with Crippen LogP contribution in [0.5, 0.6) is 0 Å². The van der Waals surface area contributed by atoms with Gasteiger partial charge in [0.05, 0.1) is 0 Å². The normalized spacial score (nSPS) is 19.8. The van der Waals surface area contributed by atoms with Gasteiger partial charge in [0.25, 0.3) is 0 Å². The summed E-state index contributed by atoms with van der Waals surface area (Å²) in [4.78, 5) is 2.22. The Morgan fingerprint density at radius 2 is 1.58 bits per heavy atom. The Hall–Kier alpha value is -0.0800. The maximum absolute atomic E-state index is 3.34. The first-order valence-electron chi connectivity index (χ1n) is 5.17. The average molecular weight is 174 g/mol. The number of nitrogens with one attached hydrogen (secondary N) is 1. The Kier molecular flexibility index (Phi) is 13.1. The van der Waals surface area contributed by atoms with Crippen molar-refractivity contribution in [2.24, 2.45) is 0 Å². The monoisotopic (exact) mass is 174 g/mol. The number of hydrogen-bond acceptors (Lipinski definition) is 2. The van der Waals surface area contributed by atoms with E-state index in [0.29, 0.717) is 0 Å². The van der Waals surface area contributed by atoms with Gasteiger partial charge in [-0.05, 0) is 27.1 Å². The van der Waals surface area contributed by atoms with Crippen molar-refractivity contribution in [2.75, 3.05) is 27.2 Å². The fourth-order valence-corrected chi connectivity index (χ4v) is 0.945. The summed E-state index contributed by atoms with van der Waals surface area (Å²) in [7, 11) is 4.22. The van der Waals surface area contributed by atoms with Gasteiger partial charge in [0.15, 0.2) is 0 Å². The molecule has 1 heterocycles. The lowest BCUT2D eigenvalue weighted by Crippen LogP contribution is -2.48. The largest absolute Gasteiger partial charge is 0.313 e. The Morgan fingerprint density at radius 1 is 1.17 bits per heavy atom. The van der Waals surface area contributed by atoms with Crippen molar-refractivity contribution in [1.29, 1.82) is 0 Å². The van der Waals surface area contributed by atoms with Crippen molar-refractivity contribution in [2.45, 2.75) is 40.2 Å². The molecule has 1 aliphatic heterocycles. The number of nitrogens with zero attached hydrogens (tertiary/aromatic N) is 1. The minimum atomic E-state index is 0.782. The number of likely N-dealkylation sites (N-methyl/N-ethyl adjacent to an activating group) is 1. The molecule has 0 aromatic rings. The molecule has 1 saturated heterocycles. The highest BCUT2D eigenvalue weighted by molar-refractivity contribution is 4.78. The van der Waals surface area contributed by atoms with Crippen LogP contribution in [0.25, 0.3) is 0 Å². The lowest BCUT2D eigenvalue weighted by molar-refractivity contribution is 0.273. The molecule has 0 saturated carbocycles. The van der Waals surface area contributed by atoms with E-state index in [-0.39, 0.29) is 0 Å². The van der Waals surface area contributed by atoms with Gasteiger partial charge in [-0.1, -0.05) is 27.7 Å². The molecule has 12 heavy (non-hydrogen) atoms. The van der Waals surface area contributed by atoms with E-state index in [9.17, 15) is 0 Å². The molecule has 1 N–H and O–H groups in total. The van der Waals surface area contributed by atoms with Crippen LogP contribution in [0.2, 0.25) is 0 Å². The van der Waals surface area contributed by atoms with Crippen LogP contribution in [0.1, 0.15) is 34.1 Å². The molecule has 1 rings (SSSR count). The maximum atomic E-state index is 3.34. The highest BCUT2D eigenvalue weighted by Gasteiger charge is 2.15. The first kappa shape index (κ1) is 14.4. The van der Waals surface area contributed by atoms with Gasteiger partial charge in [0, 0.05) is 12.6 Å². The van der Waals surface area contributed by atoms with E-state index < -0.39 is 0 Å². The number of rotatable bonds is 2. The van der Waals surface area contributed by atoms with E-state index in [1.54, 1.807) is 0 Å². The lowest BCUT2D eigenvalue weighted by Gasteiger charge is -2.29. The molecule has 1 fully saturated rings. The topological polar surface area (TPSA) is 15.3 Å². The molecule has 0 amide bonds. The fraction of sp³-hybridized carbons (Fsp3) is 1.00. The van der Waals surface area contributed by atoms with Crippen molar-refractivity contribution < 1.29 is 0 Å². The molecule has 0 spiro atoms. The predicted molar refractivity (Wildman–Crippen MR) is 57.7 cm³/mol. The number of hydrogen-bond donors (Lipinski definition) is 1. The summed E-state index contributed by atoms with van der Waals surface area (Å²) >= 11 is 0. The quantitative estimate of drug-likeness (QED) is 0.688. The van der Waals surface area contributed by atoms with E-state index in [1.807, 2.05) is 27.7 Å². The van der Waals surface area contributed by atoms with E-state index in [1.165, 1.54) is 19.5 Å². The van der Waals surface area contributed by atoms with E-state index >= 15 is 0 Å². The summed E-state index contributed by atoms with van der Waals surface area (Å²) < 4.78 is 0. The van der Waals surface area contributed by atoms with Crippen molar-refractivity contribution in [3.05, 3.63) is 0 Å². The molecule has 2 heteroatoms. The second-order valence-electron chi connectivity index (χ2n) is 2.70. The molecule has 1 aliphatic rings. The second kappa shape index (κ2) is 10.9. The van der Waals surface area contributed by atoms with Crippen LogP contribution < -0.4 is 5.32 Å². The van der Waals surface area contributed by atoms with Gasteiger partial charge in [0.1, 0.15) is 0 Å². The summed E-state index contributed by atoms with van der Waals surface area (Å²) in [6, 6.07) is 0.782. The second-order valence-corrected chi connectivity index (χ2v) is 2.70. The minimum Gasteiger partial charge on any atom is -0.313 e. The SMILES string of the molecule is CC.CC.CN(C)C[C@H]1CCN1. The zero-order chi connectivity index (χ0) is 9.98. The van der Waals surface area contributed by atoms with Crippen LogP contribution in [-0.4, -0.2) is 38.1 Å². The summed E-state index contributed by atoms with van der Waals surface area (Å²) in [5.74, 6) is 0. The fourth-order valence-electron chi connectivity index (χ4n) is 0.945. The van der Waals surface area contributed by atoms with Gasteiger partial charge in [-0.15, -0.1) is 0 Å². The highest BCUT2D eigenvalue weighted by Crippen LogP contribution is 2.01. The summed E-state index contributed by atoms with van der Waals surface area (Å²) in [5, 5.41) is 3.34. The minimum absolute atomic E-state index is 0.782. The van der Waals surface area contributed by atoms with Crippen LogP contribution in [0.15, 0.2) is 0 Å². The first-order valence-corrected chi connectivity index (χ1v) is 5.17. The molecule has 0 aromatic heterocycles. The van der Waals surface area contributed by atoms with Gasteiger partial charge in [-0.3, -0.25) is 0 Å². The third-order valence-electron chi connectivity index (χ3n) is 1.51. The van der Waals surface area contributed by atoms with Gasteiger partial charge in [-0.2, -0.15) is 0 Å².